The van der Waals surface area contributed by atoms with E-state index in [1.165, 1.54) is 50.8 Å². The van der Waals surface area contributed by atoms with E-state index in [1.807, 2.05) is 0 Å². The first-order valence-electron chi connectivity index (χ1n) is 7.00. The van der Waals surface area contributed by atoms with Gasteiger partial charge in [0, 0.05) is 19.3 Å². The number of carbonyl (C=O) groups is 1. The summed E-state index contributed by atoms with van der Waals surface area (Å²) in [5.74, 6) is -0.430. The minimum absolute atomic E-state index is 0.0751. The lowest BCUT2D eigenvalue weighted by Gasteiger charge is -2.39. The van der Waals surface area contributed by atoms with Crippen molar-refractivity contribution in [2.75, 3.05) is 18.0 Å². The third kappa shape index (κ3) is 2.41. The van der Waals surface area contributed by atoms with Crippen LogP contribution < -0.4 is 4.90 Å². The number of carboxylic acid groups (broad SMARTS) is 1. The third-order valence-electron chi connectivity index (χ3n) is 4.63. The highest BCUT2D eigenvalue weighted by Gasteiger charge is 2.37. The Kier molecular flexibility index (Phi) is 3.12. The minimum atomic E-state index is -0.993. The molecule has 1 saturated carbocycles. The zero-order valence-electron chi connectivity index (χ0n) is 11.0. The van der Waals surface area contributed by atoms with Gasteiger partial charge in [-0.3, -0.25) is 0 Å². The van der Waals surface area contributed by atoms with Crippen molar-refractivity contribution in [1.29, 1.82) is 0 Å². The molecule has 2 aliphatic rings. The molecule has 0 unspecified atom stereocenters. The van der Waals surface area contributed by atoms with Crippen molar-refractivity contribution < 1.29 is 9.90 Å². The fraction of sp³-hybridized carbons (Fsp3) is 0.643. The van der Waals surface area contributed by atoms with E-state index in [2.05, 4.69) is 14.9 Å². The normalized spacial score (nSPS) is 21.8. The molecule has 0 radical (unpaired) electrons. The molecule has 1 aliphatic carbocycles. The summed E-state index contributed by atoms with van der Waals surface area (Å²) in [5.41, 5.74) is 0.632. The second-order valence-corrected chi connectivity index (χ2v) is 5.74. The van der Waals surface area contributed by atoms with Crippen LogP contribution in [0.4, 0.5) is 5.95 Å². The van der Waals surface area contributed by atoms with Gasteiger partial charge in [-0.05, 0) is 37.2 Å². The van der Waals surface area contributed by atoms with E-state index >= 15 is 0 Å². The zero-order valence-corrected chi connectivity index (χ0v) is 11.0. The molecule has 19 heavy (non-hydrogen) atoms. The molecule has 5 heteroatoms. The van der Waals surface area contributed by atoms with Crippen LogP contribution in [0.5, 0.6) is 0 Å². The summed E-state index contributed by atoms with van der Waals surface area (Å²) in [7, 11) is 0. The topological polar surface area (TPSA) is 66.3 Å². The van der Waals surface area contributed by atoms with E-state index in [1.54, 1.807) is 0 Å². The minimum Gasteiger partial charge on any atom is -0.477 e. The Bertz CT molecular complexity index is 473. The van der Waals surface area contributed by atoms with Crippen LogP contribution in [0.15, 0.2) is 12.3 Å². The van der Waals surface area contributed by atoms with Crippen LogP contribution in [0.2, 0.25) is 0 Å². The maximum absolute atomic E-state index is 10.9. The average Bonchev–Trinajstić information content (AvgIpc) is 2.88. The number of aromatic carboxylic acids is 1. The van der Waals surface area contributed by atoms with Crippen molar-refractivity contribution in [1.82, 2.24) is 9.97 Å². The van der Waals surface area contributed by atoms with Crippen LogP contribution in [0.25, 0.3) is 0 Å². The number of aromatic nitrogens is 2. The number of rotatable bonds is 2. The number of nitrogens with zero attached hydrogens (tertiary/aromatic N) is 3. The number of hydrogen-bond acceptors (Lipinski definition) is 4. The molecule has 1 N–H and O–H groups in total. The van der Waals surface area contributed by atoms with Crippen LogP contribution in [-0.2, 0) is 0 Å². The standard InChI is InChI=1S/C14H19N3O2/c18-12(19)11-3-8-15-13(16-11)17-9-6-14(7-10-17)4-1-2-5-14/h3,8H,1-2,4-7,9-10H2,(H,18,19). The molecule has 1 aromatic rings. The van der Waals surface area contributed by atoms with Crippen LogP contribution in [0, 0.1) is 5.41 Å². The van der Waals surface area contributed by atoms with E-state index in [9.17, 15) is 4.79 Å². The Hall–Kier alpha value is -1.65. The highest BCUT2D eigenvalue weighted by atomic mass is 16.4. The first-order valence-corrected chi connectivity index (χ1v) is 7.00. The molecule has 0 amide bonds. The predicted octanol–water partition coefficient (Wildman–Crippen LogP) is 2.34. The van der Waals surface area contributed by atoms with Gasteiger partial charge in [-0.15, -0.1) is 0 Å². The SMILES string of the molecule is O=C(O)c1ccnc(N2CCC3(CCCC3)CC2)n1. The largest absolute Gasteiger partial charge is 0.477 e. The summed E-state index contributed by atoms with van der Waals surface area (Å²) in [6, 6.07) is 1.44. The van der Waals surface area contributed by atoms with Crippen molar-refractivity contribution in [2.24, 2.45) is 5.41 Å². The highest BCUT2D eigenvalue weighted by molar-refractivity contribution is 5.85. The Morgan fingerprint density at radius 1 is 1.21 bits per heavy atom. The smallest absolute Gasteiger partial charge is 0.354 e. The Balaban J connectivity index is 1.71. The summed E-state index contributed by atoms with van der Waals surface area (Å²) in [4.78, 5) is 21.4. The van der Waals surface area contributed by atoms with Crippen LogP contribution in [0.1, 0.15) is 49.0 Å². The van der Waals surface area contributed by atoms with Gasteiger partial charge in [-0.1, -0.05) is 12.8 Å². The van der Waals surface area contributed by atoms with Crippen LogP contribution in [-0.4, -0.2) is 34.1 Å². The van der Waals surface area contributed by atoms with Crippen molar-refractivity contribution >= 4 is 11.9 Å². The maximum atomic E-state index is 10.9. The van der Waals surface area contributed by atoms with Crippen molar-refractivity contribution in [3.05, 3.63) is 18.0 Å². The number of carboxylic acids is 1. The molecular weight excluding hydrogens is 242 g/mol. The number of anilines is 1. The lowest BCUT2D eigenvalue weighted by molar-refractivity contribution is 0.0690. The summed E-state index contributed by atoms with van der Waals surface area (Å²) >= 11 is 0. The molecule has 102 valence electrons. The van der Waals surface area contributed by atoms with Crippen LogP contribution in [0.3, 0.4) is 0 Å². The average molecular weight is 261 g/mol. The van der Waals surface area contributed by atoms with Gasteiger partial charge < -0.3 is 10.0 Å². The summed E-state index contributed by atoms with van der Waals surface area (Å²) < 4.78 is 0. The second kappa shape index (κ2) is 4.79. The van der Waals surface area contributed by atoms with Crippen LogP contribution >= 0.6 is 0 Å². The molecule has 2 heterocycles. The Morgan fingerprint density at radius 2 is 1.89 bits per heavy atom. The Morgan fingerprint density at radius 3 is 2.53 bits per heavy atom. The summed E-state index contributed by atoms with van der Waals surface area (Å²) in [6.45, 7) is 1.89. The van der Waals surface area contributed by atoms with Crippen molar-refractivity contribution in [2.45, 2.75) is 38.5 Å². The van der Waals surface area contributed by atoms with E-state index in [-0.39, 0.29) is 5.69 Å². The van der Waals surface area contributed by atoms with E-state index in [0.717, 1.165) is 13.1 Å². The van der Waals surface area contributed by atoms with Gasteiger partial charge in [0.15, 0.2) is 5.69 Å². The second-order valence-electron chi connectivity index (χ2n) is 5.74. The highest BCUT2D eigenvalue weighted by Crippen LogP contribution is 2.46. The van der Waals surface area contributed by atoms with Gasteiger partial charge in [0.25, 0.3) is 0 Å². The van der Waals surface area contributed by atoms with Gasteiger partial charge in [-0.25, -0.2) is 14.8 Å². The monoisotopic (exact) mass is 261 g/mol. The van der Waals surface area contributed by atoms with Gasteiger partial charge >= 0.3 is 5.97 Å². The lowest BCUT2D eigenvalue weighted by atomic mass is 9.77. The molecule has 3 rings (SSSR count). The zero-order chi connectivity index (χ0) is 13.3. The molecule has 2 fully saturated rings. The summed E-state index contributed by atoms with van der Waals surface area (Å²) in [6.07, 6.45) is 9.36. The first kappa shape index (κ1) is 12.4. The molecule has 0 atom stereocenters. The van der Waals surface area contributed by atoms with Crippen molar-refractivity contribution in [3.63, 3.8) is 0 Å². The molecule has 1 aliphatic heterocycles. The molecule has 0 bridgehead atoms. The Labute approximate surface area is 112 Å². The fourth-order valence-corrected chi connectivity index (χ4v) is 3.43. The molecule has 1 spiro atoms. The maximum Gasteiger partial charge on any atom is 0.354 e. The van der Waals surface area contributed by atoms with Gasteiger partial charge in [-0.2, -0.15) is 0 Å². The fourth-order valence-electron chi connectivity index (χ4n) is 3.43. The lowest BCUT2D eigenvalue weighted by Crippen LogP contribution is -2.39. The quantitative estimate of drug-likeness (QED) is 0.885. The predicted molar refractivity (Wildman–Crippen MR) is 71.3 cm³/mol. The van der Waals surface area contributed by atoms with E-state index in [4.69, 9.17) is 5.11 Å². The first-order chi connectivity index (χ1) is 9.19. The number of piperidine rings is 1. The van der Waals surface area contributed by atoms with Gasteiger partial charge in [0.05, 0.1) is 0 Å². The molecule has 5 nitrogen and oxygen atoms in total. The molecular formula is C14H19N3O2. The van der Waals surface area contributed by atoms with Gasteiger partial charge in [0.2, 0.25) is 5.95 Å². The van der Waals surface area contributed by atoms with E-state index < -0.39 is 5.97 Å². The van der Waals surface area contributed by atoms with E-state index in [0.29, 0.717) is 11.4 Å². The van der Waals surface area contributed by atoms with Crippen molar-refractivity contribution in [3.8, 4) is 0 Å². The van der Waals surface area contributed by atoms with Gasteiger partial charge in [0.1, 0.15) is 0 Å². The molecule has 1 aromatic heterocycles. The molecule has 0 aromatic carbocycles. The summed E-state index contributed by atoms with van der Waals surface area (Å²) in [5, 5.41) is 8.97. The number of hydrogen-bond donors (Lipinski definition) is 1. The third-order valence-corrected chi connectivity index (χ3v) is 4.63. The molecule has 1 saturated heterocycles.